The summed E-state index contributed by atoms with van der Waals surface area (Å²) in [5, 5.41) is 177. The number of likely N-dealkylation sites (tertiary alicyclic amines) is 1. The minimum atomic E-state index is -0.647. The average Bonchev–Trinajstić information content (AvgIpc) is 1.76. The number of aryl methyl sites for hydroxylation is 1. The molecule has 0 bridgehead atoms. The Labute approximate surface area is 682 Å². The highest BCUT2D eigenvalue weighted by Gasteiger charge is 2.30. The molecule has 9 rings (SSSR count). The highest BCUT2D eigenvalue weighted by molar-refractivity contribution is 5.88. The summed E-state index contributed by atoms with van der Waals surface area (Å²) in [5.74, 6) is -8.14. The monoisotopic (exact) mass is 1650 g/mol. The zero-order chi connectivity index (χ0) is 87.9. The lowest BCUT2D eigenvalue weighted by Gasteiger charge is -2.34. The molecule has 2 saturated heterocycles. The Kier molecular flexibility index (Phi) is 41.0. The van der Waals surface area contributed by atoms with Gasteiger partial charge in [0.05, 0.1) is 36.0 Å². The predicted octanol–water partition coefficient (Wildman–Crippen LogP) is 5.54. The van der Waals surface area contributed by atoms with Gasteiger partial charge in [-0.05, 0) is 143 Å². The molecule has 7 aromatic rings. The van der Waals surface area contributed by atoms with E-state index in [1.807, 2.05) is 38.1 Å². The van der Waals surface area contributed by atoms with Crippen LogP contribution >= 0.6 is 0 Å². The molecule has 0 spiro atoms. The highest BCUT2D eigenvalue weighted by Crippen LogP contribution is 2.41. The first-order chi connectivity index (χ1) is 56.0. The van der Waals surface area contributed by atoms with Crippen molar-refractivity contribution < 1.29 is 120 Å². The van der Waals surface area contributed by atoms with Gasteiger partial charge >= 0.3 is 0 Å². The highest BCUT2D eigenvalue weighted by atomic mass is 16.4. The van der Waals surface area contributed by atoms with Crippen molar-refractivity contribution in [2.24, 2.45) is 17.6 Å². The van der Waals surface area contributed by atoms with Crippen LogP contribution in [0.5, 0.6) is 86.2 Å². The fraction of sp³-hybridized carbons (Fsp3) is 0.410. The van der Waals surface area contributed by atoms with Crippen molar-refractivity contribution in [3.05, 3.63) is 143 Å². The van der Waals surface area contributed by atoms with E-state index in [1.165, 1.54) is 74.6 Å². The molecule has 3 heterocycles. The molecule has 35 nitrogen and oxygen atoms in total. The van der Waals surface area contributed by atoms with Crippen molar-refractivity contribution >= 4 is 57.9 Å². The van der Waals surface area contributed by atoms with Crippen LogP contribution in [0, 0.1) is 11.8 Å². The second kappa shape index (κ2) is 49.7. The van der Waals surface area contributed by atoms with E-state index in [2.05, 4.69) is 60.6 Å². The number of allylic oxidation sites excluding steroid dienone is 2. The zero-order valence-corrected chi connectivity index (χ0v) is 66.9. The van der Waals surface area contributed by atoms with Crippen LogP contribution in [-0.2, 0) is 76.9 Å². The molecule has 6 amide bonds. The molecular weight excluding hydrogens is 1530 g/mol. The number of nitrogens with one attached hydrogen (secondary N) is 8. The molecule has 0 aliphatic carbocycles. The Morgan fingerprint density at radius 1 is 0.542 bits per heavy atom. The summed E-state index contributed by atoms with van der Waals surface area (Å²) in [6.45, 7) is 17.5. The minimum absolute atomic E-state index is 0.0270. The number of phenols is 15. The van der Waals surface area contributed by atoms with Crippen LogP contribution in [0.1, 0.15) is 132 Å². The third kappa shape index (κ3) is 31.6. The van der Waals surface area contributed by atoms with Crippen molar-refractivity contribution in [2.45, 2.75) is 149 Å². The van der Waals surface area contributed by atoms with Crippen molar-refractivity contribution in [1.29, 1.82) is 0 Å². The minimum Gasteiger partial charge on any atom is -0.504 e. The molecule has 2 fully saturated rings. The second-order valence-corrected chi connectivity index (χ2v) is 27.9. The second-order valence-electron chi connectivity index (χ2n) is 27.9. The lowest BCUT2D eigenvalue weighted by atomic mass is 9.97. The number of nitrogens with zero attached hydrogens (tertiary/aromatic N) is 2. The number of para-hydroxylation sites is 1. The number of aliphatic hydroxyl groups is 1. The number of rotatable bonds is 31. The number of nitrogens with two attached hydrogens (primary N) is 1. The molecule has 118 heavy (non-hydrogen) atoms. The van der Waals surface area contributed by atoms with Gasteiger partial charge in [0.1, 0.15) is 5.78 Å². The van der Waals surface area contributed by atoms with Gasteiger partial charge in [0.2, 0.25) is 64.2 Å². The number of carbonyl (C=O) groups is 8. The molecule has 2 unspecified atom stereocenters. The van der Waals surface area contributed by atoms with Crippen LogP contribution in [0.2, 0.25) is 0 Å². The topological polar surface area (TPSA) is 602 Å². The number of H-pyrrole nitrogens is 1. The summed E-state index contributed by atoms with van der Waals surface area (Å²) in [5.41, 5.74) is 11.3. The number of aromatic hydroxyl groups is 15. The van der Waals surface area contributed by atoms with Gasteiger partial charge in [0, 0.05) is 119 Å². The zero-order valence-electron chi connectivity index (χ0n) is 66.9. The average molecular weight is 1650 g/mol. The standard InChI is InChI=1S/C17H23NO5.C15H20N2O4.C14H20N2O4.C13H17N3O2.C12H18N2O4.C12H15NO5/c1-11(19)13-6-2-3-10-18(13)15(21)7-4-5-12-8-9-14(20)17(23)16(12)22;1-9-2-3-11(8-17-9)15(21)16-7-6-10-4-5-12(18)14(20)13(10)19;1-9(2)15-8-6-12(18)16-7-5-10-3-4-11(17)14(20)13(10)19;1-9(8-17)13(18)14-7-6-12-10-4-2-3-5-11(10)15-16-12;1-2-8(13)12(18)14-6-5-7-3-4-9(15)11(17)10(7)16;1-13-10(16)5-3-8(14)6-7-2-4-9(15)12(18)11(7)17/h8-9,13,20,22-23H,2-7,10H2,1H3;4-5,11,17-20H,1-3,6-8H2,(H,16,21);3-4,15,17,19-20H,1,5-8H2,2H3,(H,16,18);2-5,9,17H,6-8H2,1H3,(H,14,18)(H,15,16);3-4,8,15-17H,2,5-6,13H2,1H3,(H,14,18);2,4,15,17-18H,3,5-6H2,1H3,(H,13,16)/t;;;9-;8-;/m...00./s1. The fourth-order valence-corrected chi connectivity index (χ4v) is 11.6. The number of aromatic amines is 1. The molecule has 35 heteroatoms. The number of ketones is 2. The molecule has 26 N–H and O–H groups in total. The largest absolute Gasteiger partial charge is 0.504 e. The van der Waals surface area contributed by atoms with Crippen LogP contribution in [-0.4, -0.2) is 215 Å². The molecule has 2 aliphatic heterocycles. The molecule has 0 radical (unpaired) electrons. The Hall–Kier alpha value is -13.1. The maximum absolute atomic E-state index is 12.3. The van der Waals surface area contributed by atoms with Crippen LogP contribution in [0.4, 0.5) is 0 Å². The molecule has 6 aromatic carbocycles. The number of aromatic nitrogens is 2. The van der Waals surface area contributed by atoms with Gasteiger partial charge < -0.3 is 130 Å². The number of hydrogen-bond donors (Lipinski definition) is 25. The molecule has 644 valence electrons. The molecular formula is C83H113N11O24. The van der Waals surface area contributed by atoms with Crippen LogP contribution in [0.15, 0.2) is 109 Å². The Morgan fingerprint density at radius 2 is 1.02 bits per heavy atom. The molecule has 2 aliphatic rings. The number of phenolic OH excluding ortho intramolecular Hbond substituents is 15. The van der Waals surface area contributed by atoms with E-state index in [-0.39, 0.29) is 149 Å². The van der Waals surface area contributed by atoms with Gasteiger partial charge in [-0.15, -0.1) is 0 Å². The number of Topliss-reactive ketones (excluding diaryl/α,β-unsaturated/α-hetero) is 2. The quantitative estimate of drug-likeness (QED) is 0.0237. The number of piperidine rings is 2. The van der Waals surface area contributed by atoms with Gasteiger partial charge in [-0.2, -0.15) is 5.10 Å². The first kappa shape index (κ1) is 97.3. The maximum Gasteiger partial charge on any atom is 0.236 e. The van der Waals surface area contributed by atoms with E-state index in [0.29, 0.717) is 119 Å². The number of hydrogen-bond acceptors (Lipinski definition) is 28. The van der Waals surface area contributed by atoms with E-state index < -0.39 is 46.3 Å². The lowest BCUT2D eigenvalue weighted by molar-refractivity contribution is -0.140. The summed E-state index contributed by atoms with van der Waals surface area (Å²) < 4.78 is 0. The Morgan fingerprint density at radius 3 is 1.50 bits per heavy atom. The van der Waals surface area contributed by atoms with Crippen molar-refractivity contribution in [3.8, 4) is 86.2 Å². The van der Waals surface area contributed by atoms with Crippen LogP contribution in [0.25, 0.3) is 10.9 Å². The van der Waals surface area contributed by atoms with E-state index >= 15 is 0 Å². The van der Waals surface area contributed by atoms with Crippen molar-refractivity contribution in [3.63, 3.8) is 0 Å². The number of amides is 6. The smallest absolute Gasteiger partial charge is 0.236 e. The number of fused-ring (bicyclic) bond motifs is 1. The Balaban J connectivity index is 0.000000299. The van der Waals surface area contributed by atoms with Gasteiger partial charge in [-0.25, -0.2) is 0 Å². The van der Waals surface area contributed by atoms with Crippen LogP contribution in [0.3, 0.4) is 0 Å². The third-order valence-corrected chi connectivity index (χ3v) is 18.9. The van der Waals surface area contributed by atoms with Gasteiger partial charge in [0.25, 0.3) is 0 Å². The first-order valence-corrected chi connectivity index (χ1v) is 38.3. The van der Waals surface area contributed by atoms with Crippen molar-refractivity contribution in [2.75, 3.05) is 59.5 Å². The van der Waals surface area contributed by atoms with E-state index in [1.54, 1.807) is 11.8 Å². The Bertz CT molecular complexity index is 4540. The lowest BCUT2D eigenvalue weighted by Crippen LogP contribution is -2.47. The normalized spacial score (nSPS) is 13.7. The van der Waals surface area contributed by atoms with E-state index in [0.717, 1.165) is 60.1 Å². The molecule has 1 aromatic heterocycles. The van der Waals surface area contributed by atoms with Gasteiger partial charge in [0.15, 0.2) is 63.3 Å². The summed E-state index contributed by atoms with van der Waals surface area (Å²) >= 11 is 0. The van der Waals surface area contributed by atoms with Crippen LogP contribution < -0.4 is 43.0 Å². The molecule has 0 saturated carbocycles. The van der Waals surface area contributed by atoms with Gasteiger partial charge in [-0.3, -0.25) is 43.5 Å². The number of aliphatic hydroxyl groups excluding tert-OH is 1. The summed E-state index contributed by atoms with van der Waals surface area (Å²) in [7, 11) is 1.48. The maximum atomic E-state index is 12.3. The fourth-order valence-electron chi connectivity index (χ4n) is 11.6. The summed E-state index contributed by atoms with van der Waals surface area (Å²) in [4.78, 5) is 94.4. The van der Waals surface area contributed by atoms with Gasteiger partial charge in [-0.1, -0.05) is 75.5 Å². The van der Waals surface area contributed by atoms with E-state index in [4.69, 9.17) is 21.1 Å². The third-order valence-electron chi connectivity index (χ3n) is 18.9. The number of benzene rings is 6. The molecule has 4 atom stereocenters. The first-order valence-electron chi connectivity index (χ1n) is 38.3. The summed E-state index contributed by atoms with van der Waals surface area (Å²) in [6, 6.07) is 20.8. The number of carbonyl (C=O) groups excluding carboxylic acids is 8. The summed E-state index contributed by atoms with van der Waals surface area (Å²) in [6.07, 6.45) is 8.07. The van der Waals surface area contributed by atoms with E-state index in [9.17, 15) is 105 Å². The predicted molar refractivity (Wildman–Crippen MR) is 437 cm³/mol. The SMILES string of the molecule is C=C(C)NCCC(=O)NCCc1ccc(O)c(O)c1O.C=C1CCC(C(=O)NCCc2ccc(O)c(O)c2O)CN1.CC(=O)C1CCCCN1C(=O)CCCc1ccc(O)c(O)c1O.CC[C@H](N)C(=O)NCCc1ccc(O)c(O)c1O.CNC(=O)CCC(=O)Cc1ccc(O)c(O)c1O.C[C@@H](CO)C(=O)NCCc1[nH]nc2ccccc12. The van der Waals surface area contributed by atoms with Crippen molar-refractivity contribution in [1.82, 2.24) is 52.3 Å².